The van der Waals surface area contributed by atoms with Crippen molar-refractivity contribution in [3.63, 3.8) is 0 Å². The van der Waals surface area contributed by atoms with Gasteiger partial charge >= 0.3 is 6.03 Å². The van der Waals surface area contributed by atoms with Gasteiger partial charge in [0, 0.05) is 18.9 Å². The first-order valence-corrected chi connectivity index (χ1v) is 4.47. The van der Waals surface area contributed by atoms with Crippen LogP contribution in [0.5, 0.6) is 0 Å². The largest absolute Gasteiger partial charge is 0.325 e. The lowest BCUT2D eigenvalue weighted by Gasteiger charge is -2.27. The summed E-state index contributed by atoms with van der Waals surface area (Å²) in [7, 11) is 0. The van der Waals surface area contributed by atoms with Crippen LogP contribution in [-0.4, -0.2) is 29.3 Å². The summed E-state index contributed by atoms with van der Waals surface area (Å²) in [5.74, 6) is 0. The molecule has 0 aromatic carbocycles. The summed E-state index contributed by atoms with van der Waals surface area (Å²) in [6, 6.07) is 3.82. The van der Waals surface area contributed by atoms with Crippen LogP contribution in [0.3, 0.4) is 0 Å². The van der Waals surface area contributed by atoms with Crippen molar-refractivity contribution < 1.29 is 4.79 Å². The molecule has 0 radical (unpaired) electrons. The van der Waals surface area contributed by atoms with Crippen molar-refractivity contribution in [2.75, 3.05) is 13.3 Å². The Bertz CT molecular complexity index is 304. The molecule has 2 rings (SSSR count). The average molecular weight is 192 g/mol. The average Bonchev–Trinajstić information content (AvgIpc) is 2.23. The Morgan fingerprint density at radius 2 is 2.21 bits per heavy atom. The van der Waals surface area contributed by atoms with Crippen molar-refractivity contribution in [1.82, 2.24) is 20.5 Å². The van der Waals surface area contributed by atoms with E-state index >= 15 is 0 Å². The molecular formula is C9H12N4O. The fourth-order valence-electron chi connectivity index (χ4n) is 1.35. The predicted octanol–water partition coefficient (Wildman–Crippen LogP) is 0.111. The minimum absolute atomic E-state index is 0.104. The van der Waals surface area contributed by atoms with E-state index in [1.807, 2.05) is 18.3 Å². The molecule has 2 heterocycles. The molecule has 0 unspecified atom stereocenters. The number of rotatable bonds is 2. The van der Waals surface area contributed by atoms with Gasteiger partial charge in [-0.05, 0) is 11.6 Å². The van der Waals surface area contributed by atoms with Crippen molar-refractivity contribution >= 4 is 6.03 Å². The molecule has 1 aliphatic rings. The van der Waals surface area contributed by atoms with Crippen LogP contribution in [0.15, 0.2) is 24.5 Å². The molecule has 2 amide bonds. The molecule has 1 aliphatic heterocycles. The number of amides is 2. The van der Waals surface area contributed by atoms with Gasteiger partial charge in [0.15, 0.2) is 0 Å². The van der Waals surface area contributed by atoms with Gasteiger partial charge in [-0.15, -0.1) is 0 Å². The van der Waals surface area contributed by atoms with E-state index in [9.17, 15) is 4.79 Å². The normalized spacial score (nSPS) is 17.3. The van der Waals surface area contributed by atoms with Crippen LogP contribution >= 0.6 is 0 Å². The third-order valence-corrected chi connectivity index (χ3v) is 2.06. The molecule has 2 N–H and O–H groups in total. The van der Waals surface area contributed by atoms with Crippen molar-refractivity contribution in [2.24, 2.45) is 0 Å². The zero-order chi connectivity index (χ0) is 9.80. The molecule has 0 saturated carbocycles. The Labute approximate surface area is 82.1 Å². The van der Waals surface area contributed by atoms with Crippen LogP contribution in [0.2, 0.25) is 0 Å². The number of nitrogens with zero attached hydrogens (tertiary/aromatic N) is 2. The van der Waals surface area contributed by atoms with Crippen LogP contribution in [0.1, 0.15) is 5.56 Å². The smallest absolute Gasteiger partial charge is 0.316 e. The topological polar surface area (TPSA) is 57.3 Å². The lowest BCUT2D eigenvalue weighted by molar-refractivity contribution is 0.178. The van der Waals surface area contributed by atoms with E-state index in [2.05, 4.69) is 20.5 Å². The van der Waals surface area contributed by atoms with Gasteiger partial charge in [0.1, 0.15) is 0 Å². The number of hydrogen-bond donors (Lipinski definition) is 2. The van der Waals surface area contributed by atoms with Crippen molar-refractivity contribution in [2.45, 2.75) is 6.54 Å². The second-order valence-electron chi connectivity index (χ2n) is 3.19. The SMILES string of the molecule is O=C1NCN(Cc2cccnc2)CN1. The number of pyridine rings is 1. The Balaban J connectivity index is 1.89. The third-order valence-electron chi connectivity index (χ3n) is 2.06. The molecule has 1 aromatic rings. The van der Waals surface area contributed by atoms with Gasteiger partial charge in [-0.25, -0.2) is 4.79 Å². The summed E-state index contributed by atoms with van der Waals surface area (Å²) in [6.07, 6.45) is 3.58. The monoisotopic (exact) mass is 192 g/mol. The first-order chi connectivity index (χ1) is 6.84. The molecule has 5 heteroatoms. The Morgan fingerprint density at radius 3 is 2.86 bits per heavy atom. The first kappa shape index (κ1) is 8.96. The molecule has 0 atom stereocenters. The highest BCUT2D eigenvalue weighted by Crippen LogP contribution is 2.01. The lowest BCUT2D eigenvalue weighted by atomic mass is 10.3. The zero-order valence-corrected chi connectivity index (χ0v) is 7.73. The fraction of sp³-hybridized carbons (Fsp3) is 0.333. The second-order valence-corrected chi connectivity index (χ2v) is 3.19. The van der Waals surface area contributed by atoms with Gasteiger partial charge in [-0.2, -0.15) is 0 Å². The molecule has 1 saturated heterocycles. The molecule has 0 aliphatic carbocycles. The number of carbonyl (C=O) groups is 1. The van der Waals surface area contributed by atoms with Crippen LogP contribution in [0, 0.1) is 0 Å². The minimum Gasteiger partial charge on any atom is -0.325 e. The molecule has 1 aromatic heterocycles. The quantitative estimate of drug-likeness (QED) is 0.699. The van der Waals surface area contributed by atoms with E-state index in [1.54, 1.807) is 6.20 Å². The Hall–Kier alpha value is -1.62. The predicted molar refractivity (Wildman–Crippen MR) is 51.2 cm³/mol. The Morgan fingerprint density at radius 1 is 1.43 bits per heavy atom. The highest BCUT2D eigenvalue weighted by Gasteiger charge is 2.13. The van der Waals surface area contributed by atoms with Crippen LogP contribution in [0.25, 0.3) is 0 Å². The Kier molecular flexibility index (Phi) is 2.60. The molecule has 1 fully saturated rings. The van der Waals surface area contributed by atoms with E-state index in [4.69, 9.17) is 0 Å². The highest BCUT2D eigenvalue weighted by atomic mass is 16.2. The molecular weight excluding hydrogens is 180 g/mol. The summed E-state index contributed by atoms with van der Waals surface area (Å²) in [5, 5.41) is 5.42. The van der Waals surface area contributed by atoms with Gasteiger partial charge < -0.3 is 10.6 Å². The van der Waals surface area contributed by atoms with Crippen molar-refractivity contribution in [3.8, 4) is 0 Å². The van der Waals surface area contributed by atoms with Gasteiger partial charge in [-0.1, -0.05) is 6.07 Å². The minimum atomic E-state index is -0.104. The molecule has 0 spiro atoms. The second kappa shape index (κ2) is 4.06. The van der Waals surface area contributed by atoms with E-state index in [0.717, 1.165) is 12.1 Å². The zero-order valence-electron chi connectivity index (χ0n) is 7.73. The third kappa shape index (κ3) is 2.20. The maximum atomic E-state index is 10.8. The summed E-state index contributed by atoms with van der Waals surface area (Å²) in [6.45, 7) is 1.96. The fourth-order valence-corrected chi connectivity index (χ4v) is 1.35. The van der Waals surface area contributed by atoms with E-state index in [-0.39, 0.29) is 6.03 Å². The van der Waals surface area contributed by atoms with Gasteiger partial charge in [0.25, 0.3) is 0 Å². The van der Waals surface area contributed by atoms with Crippen LogP contribution in [0.4, 0.5) is 4.79 Å². The summed E-state index contributed by atoms with van der Waals surface area (Å²) >= 11 is 0. The van der Waals surface area contributed by atoms with Gasteiger partial charge in [0.2, 0.25) is 0 Å². The highest BCUT2D eigenvalue weighted by molar-refractivity contribution is 5.74. The van der Waals surface area contributed by atoms with Crippen LogP contribution in [-0.2, 0) is 6.54 Å². The van der Waals surface area contributed by atoms with E-state index in [1.165, 1.54) is 0 Å². The summed E-state index contributed by atoms with van der Waals surface area (Å²) in [5.41, 5.74) is 1.14. The van der Waals surface area contributed by atoms with E-state index in [0.29, 0.717) is 13.3 Å². The molecule has 0 bridgehead atoms. The maximum Gasteiger partial charge on any atom is 0.316 e. The standard InChI is InChI=1S/C9H12N4O/c14-9-11-6-13(7-12-9)5-8-2-1-3-10-4-8/h1-4H,5-7H2,(H2,11,12,14). The first-order valence-electron chi connectivity index (χ1n) is 4.47. The van der Waals surface area contributed by atoms with Crippen LogP contribution < -0.4 is 10.6 Å². The van der Waals surface area contributed by atoms with Gasteiger partial charge in [0.05, 0.1) is 13.3 Å². The van der Waals surface area contributed by atoms with Gasteiger partial charge in [-0.3, -0.25) is 9.88 Å². The maximum absolute atomic E-state index is 10.8. The number of aromatic nitrogens is 1. The molecule has 5 nitrogen and oxygen atoms in total. The molecule has 74 valence electrons. The number of nitrogens with one attached hydrogen (secondary N) is 2. The number of urea groups is 1. The summed E-state index contributed by atoms with van der Waals surface area (Å²) in [4.78, 5) is 16.9. The van der Waals surface area contributed by atoms with Crippen molar-refractivity contribution in [1.29, 1.82) is 0 Å². The number of carbonyl (C=O) groups excluding carboxylic acids is 1. The lowest BCUT2D eigenvalue weighted by Crippen LogP contribution is -2.53. The molecule has 14 heavy (non-hydrogen) atoms. The van der Waals surface area contributed by atoms with Crippen molar-refractivity contribution in [3.05, 3.63) is 30.1 Å². The summed E-state index contributed by atoms with van der Waals surface area (Å²) < 4.78 is 0. The van der Waals surface area contributed by atoms with E-state index < -0.39 is 0 Å². The number of hydrogen-bond acceptors (Lipinski definition) is 3.